The van der Waals surface area contributed by atoms with E-state index in [0.717, 1.165) is 0 Å². The third-order valence-corrected chi connectivity index (χ3v) is 5.63. The van der Waals surface area contributed by atoms with Crippen LogP contribution in [0.5, 0.6) is 11.5 Å². The molecule has 0 radical (unpaired) electrons. The Hall–Kier alpha value is -4.20. The zero-order valence-corrected chi connectivity index (χ0v) is 17.4. The minimum Gasteiger partial charge on any atom is -0.507 e. The summed E-state index contributed by atoms with van der Waals surface area (Å²) in [4.78, 5) is 31.4. The topological polar surface area (TPSA) is 89.0 Å². The molecule has 2 aromatic carbocycles. The largest absolute Gasteiger partial charge is 0.507 e. The molecule has 1 fully saturated rings. The van der Waals surface area contributed by atoms with Crippen LogP contribution in [0.1, 0.15) is 22.7 Å². The molecule has 3 heterocycles. The van der Waals surface area contributed by atoms with Gasteiger partial charge in [0.25, 0.3) is 11.7 Å². The van der Waals surface area contributed by atoms with Crippen molar-refractivity contribution in [3.05, 3.63) is 95.1 Å². The van der Waals surface area contributed by atoms with Gasteiger partial charge in [0, 0.05) is 30.1 Å². The van der Waals surface area contributed by atoms with E-state index in [0.29, 0.717) is 30.3 Å². The minimum absolute atomic E-state index is 0.0231. The number of carbonyl (C=O) groups is 2. The molecular weight excluding hydrogens is 427 g/mol. The van der Waals surface area contributed by atoms with Gasteiger partial charge in [-0.05, 0) is 35.9 Å². The fourth-order valence-electron chi connectivity index (χ4n) is 4.10. The van der Waals surface area contributed by atoms with Crippen molar-refractivity contribution in [2.75, 3.05) is 13.2 Å². The molecule has 8 heteroatoms. The average molecular weight is 446 g/mol. The number of hydrogen-bond donors (Lipinski definition) is 1. The first-order valence-electron chi connectivity index (χ1n) is 10.4. The SMILES string of the molecule is O=C1C(=O)N(Cc2cccnc2)[C@H](c2ccccc2F)/C1=C(\O)c1ccc2c(c1)OCCO2. The van der Waals surface area contributed by atoms with E-state index in [2.05, 4.69) is 4.98 Å². The number of aliphatic hydroxyl groups excluding tert-OH is 1. The highest BCUT2D eigenvalue weighted by atomic mass is 19.1. The lowest BCUT2D eigenvalue weighted by atomic mass is 9.94. The van der Waals surface area contributed by atoms with Crippen molar-refractivity contribution in [1.82, 2.24) is 9.88 Å². The summed E-state index contributed by atoms with van der Waals surface area (Å²) in [6.07, 6.45) is 3.16. The normalized spacial score (nSPS) is 19.1. The van der Waals surface area contributed by atoms with Gasteiger partial charge in [-0.3, -0.25) is 14.6 Å². The second-order valence-electron chi connectivity index (χ2n) is 7.67. The molecule has 1 aromatic heterocycles. The lowest BCUT2D eigenvalue weighted by Crippen LogP contribution is -2.29. The molecule has 0 unspecified atom stereocenters. The molecule has 5 rings (SSSR count). The number of halogens is 1. The highest BCUT2D eigenvalue weighted by molar-refractivity contribution is 6.46. The minimum atomic E-state index is -1.11. The Morgan fingerprint density at radius 3 is 2.61 bits per heavy atom. The number of carbonyl (C=O) groups excluding carboxylic acids is 2. The van der Waals surface area contributed by atoms with Crippen LogP contribution in [0.3, 0.4) is 0 Å². The van der Waals surface area contributed by atoms with E-state index in [1.807, 2.05) is 0 Å². The van der Waals surface area contributed by atoms with Crippen LogP contribution in [0.2, 0.25) is 0 Å². The van der Waals surface area contributed by atoms with Crippen LogP contribution in [0.4, 0.5) is 4.39 Å². The number of hydrogen-bond acceptors (Lipinski definition) is 6. The van der Waals surface area contributed by atoms with Crippen molar-refractivity contribution in [3.8, 4) is 11.5 Å². The maximum Gasteiger partial charge on any atom is 0.295 e. The number of aliphatic hydroxyl groups is 1. The van der Waals surface area contributed by atoms with E-state index < -0.39 is 29.3 Å². The summed E-state index contributed by atoms with van der Waals surface area (Å²) in [6.45, 7) is 0.780. The second-order valence-corrected chi connectivity index (χ2v) is 7.67. The van der Waals surface area contributed by atoms with Gasteiger partial charge in [-0.25, -0.2) is 4.39 Å². The summed E-state index contributed by atoms with van der Waals surface area (Å²) < 4.78 is 25.9. The smallest absolute Gasteiger partial charge is 0.295 e. The number of Topliss-reactive ketones (excluding diaryl/α,β-unsaturated/α-hetero) is 1. The Morgan fingerprint density at radius 1 is 1.06 bits per heavy atom. The lowest BCUT2D eigenvalue weighted by Gasteiger charge is -2.25. The highest BCUT2D eigenvalue weighted by Crippen LogP contribution is 2.42. The summed E-state index contributed by atoms with van der Waals surface area (Å²) in [5.41, 5.74) is 0.852. The standard InChI is InChI=1S/C25H19FN2O5/c26-18-6-2-1-5-17(18)22-21(23(29)16-7-8-19-20(12-16)33-11-10-32-19)24(30)25(31)28(22)14-15-4-3-9-27-13-15/h1-9,12-13,22,29H,10-11,14H2/b23-21+/t22-/m1/s1. The van der Waals surface area contributed by atoms with E-state index in [4.69, 9.17) is 9.47 Å². The number of rotatable bonds is 4. The molecule has 3 aromatic rings. The van der Waals surface area contributed by atoms with Crippen molar-refractivity contribution in [1.29, 1.82) is 0 Å². The van der Waals surface area contributed by atoms with E-state index in [1.54, 1.807) is 42.7 Å². The third kappa shape index (κ3) is 3.69. The van der Waals surface area contributed by atoms with Crippen LogP contribution >= 0.6 is 0 Å². The molecule has 166 valence electrons. The number of amides is 1. The first kappa shape index (κ1) is 20.7. The molecule has 0 saturated carbocycles. The van der Waals surface area contributed by atoms with Crippen LogP contribution in [-0.2, 0) is 16.1 Å². The van der Waals surface area contributed by atoms with Crippen LogP contribution in [0, 0.1) is 5.82 Å². The van der Waals surface area contributed by atoms with E-state index in [9.17, 15) is 19.1 Å². The van der Waals surface area contributed by atoms with Crippen molar-refractivity contribution >= 4 is 17.4 Å². The Kier molecular flexibility index (Phi) is 5.26. The molecule has 2 aliphatic heterocycles. The molecule has 1 saturated heterocycles. The maximum absolute atomic E-state index is 14.9. The Balaban J connectivity index is 1.65. The Morgan fingerprint density at radius 2 is 1.85 bits per heavy atom. The van der Waals surface area contributed by atoms with Gasteiger partial charge in [0.15, 0.2) is 11.5 Å². The predicted octanol–water partition coefficient (Wildman–Crippen LogP) is 3.61. The number of likely N-dealkylation sites (tertiary alicyclic amines) is 1. The number of pyridine rings is 1. The number of aromatic nitrogens is 1. The van der Waals surface area contributed by atoms with Gasteiger partial charge < -0.3 is 19.5 Å². The molecule has 1 atom stereocenters. The maximum atomic E-state index is 14.9. The first-order chi connectivity index (χ1) is 16.0. The van der Waals surface area contributed by atoms with Gasteiger partial charge in [-0.15, -0.1) is 0 Å². The van der Waals surface area contributed by atoms with Crippen LogP contribution in [0.15, 0.2) is 72.6 Å². The van der Waals surface area contributed by atoms with Gasteiger partial charge in [-0.2, -0.15) is 0 Å². The summed E-state index contributed by atoms with van der Waals surface area (Å²) in [6, 6.07) is 13.0. The third-order valence-electron chi connectivity index (χ3n) is 5.63. The van der Waals surface area contributed by atoms with Crippen molar-refractivity contribution < 1.29 is 28.6 Å². The molecule has 0 spiro atoms. The number of ether oxygens (including phenoxy) is 2. The molecular formula is C25H19FN2O5. The number of fused-ring (bicyclic) bond motifs is 1. The highest BCUT2D eigenvalue weighted by Gasteiger charge is 2.47. The second kappa shape index (κ2) is 8.38. The fraction of sp³-hybridized carbons (Fsp3) is 0.160. The van der Waals surface area contributed by atoms with E-state index in [-0.39, 0.29) is 23.2 Å². The Bertz CT molecular complexity index is 1270. The summed E-state index contributed by atoms with van der Waals surface area (Å²) in [7, 11) is 0. The Labute approximate surface area is 188 Å². The first-order valence-corrected chi connectivity index (χ1v) is 10.4. The molecule has 1 amide bonds. The quantitative estimate of drug-likeness (QED) is 0.374. The molecule has 2 aliphatic rings. The van der Waals surface area contributed by atoms with Crippen LogP contribution < -0.4 is 9.47 Å². The van der Waals surface area contributed by atoms with Gasteiger partial charge in [0.2, 0.25) is 0 Å². The van der Waals surface area contributed by atoms with Crippen molar-refractivity contribution in [3.63, 3.8) is 0 Å². The monoisotopic (exact) mass is 446 g/mol. The van der Waals surface area contributed by atoms with Gasteiger partial charge in [0.05, 0.1) is 11.6 Å². The average Bonchev–Trinajstić information content (AvgIpc) is 3.09. The van der Waals surface area contributed by atoms with E-state index in [1.165, 1.54) is 29.2 Å². The lowest BCUT2D eigenvalue weighted by molar-refractivity contribution is -0.140. The van der Waals surface area contributed by atoms with Crippen LogP contribution in [0.25, 0.3) is 5.76 Å². The number of benzene rings is 2. The van der Waals surface area contributed by atoms with Gasteiger partial charge in [0.1, 0.15) is 24.8 Å². The summed E-state index contributed by atoms with van der Waals surface area (Å²) >= 11 is 0. The number of ketones is 1. The molecule has 0 bridgehead atoms. The zero-order chi connectivity index (χ0) is 22.9. The fourth-order valence-corrected chi connectivity index (χ4v) is 4.10. The predicted molar refractivity (Wildman–Crippen MR) is 116 cm³/mol. The van der Waals surface area contributed by atoms with Crippen molar-refractivity contribution in [2.45, 2.75) is 12.6 Å². The molecule has 33 heavy (non-hydrogen) atoms. The summed E-state index contributed by atoms with van der Waals surface area (Å²) in [5.74, 6) is -1.79. The molecule has 0 aliphatic carbocycles. The van der Waals surface area contributed by atoms with Crippen molar-refractivity contribution in [2.24, 2.45) is 0 Å². The van der Waals surface area contributed by atoms with Gasteiger partial charge >= 0.3 is 0 Å². The molecule has 1 N–H and O–H groups in total. The van der Waals surface area contributed by atoms with Crippen LogP contribution in [-0.4, -0.2) is 39.9 Å². The summed E-state index contributed by atoms with van der Waals surface area (Å²) in [5, 5.41) is 11.2. The molecule has 7 nitrogen and oxygen atoms in total. The zero-order valence-electron chi connectivity index (χ0n) is 17.4. The number of nitrogens with zero attached hydrogens (tertiary/aromatic N) is 2. The van der Waals surface area contributed by atoms with Gasteiger partial charge in [-0.1, -0.05) is 24.3 Å². The van der Waals surface area contributed by atoms with E-state index >= 15 is 0 Å².